The topological polar surface area (TPSA) is 8.81 Å². The van der Waals surface area contributed by atoms with E-state index in [4.69, 9.17) is 0 Å². The zero-order chi connectivity index (χ0) is 44.7. The molecule has 0 atom stereocenters. The maximum absolute atomic E-state index is 14.2. The number of halogens is 29. The molecule has 1 rings (SSSR count). The SMILES string of the molecule is CC(C)CC[n+]1ccn(CCC(F)(F)C(F)(F)C(F)(F)C(F)(F)C(F)(F)C(F)(F)C(F)(F)C(F)(F)C(F)(F)C(F)(F)C(F)(F)C(F)(F)C(F)(F)C(F)(F)F)c1. The van der Waals surface area contributed by atoms with Crippen LogP contribution in [0.25, 0.3) is 0 Å². The van der Waals surface area contributed by atoms with Crippen molar-refractivity contribution in [3.63, 3.8) is 0 Å². The van der Waals surface area contributed by atoms with Crippen LogP contribution in [0.15, 0.2) is 18.7 Å². The summed E-state index contributed by atoms with van der Waals surface area (Å²) in [7, 11) is 0. The van der Waals surface area contributed by atoms with Gasteiger partial charge in [-0.15, -0.1) is 0 Å². The zero-order valence-electron chi connectivity index (χ0n) is 26.0. The molecular weight excluding hydrogens is 867 g/mol. The van der Waals surface area contributed by atoms with E-state index in [1.165, 1.54) is 0 Å². The second kappa shape index (κ2) is 13.6. The van der Waals surface area contributed by atoms with Gasteiger partial charge in [0.25, 0.3) is 0 Å². The maximum Gasteiger partial charge on any atom is 0.460 e. The van der Waals surface area contributed by atoms with Crippen LogP contribution in [0.1, 0.15) is 26.7 Å². The molecule has 0 N–H and O–H groups in total. The quantitative estimate of drug-likeness (QED) is 0.103. The van der Waals surface area contributed by atoms with Gasteiger partial charge in [-0.2, -0.15) is 127 Å². The molecule has 0 aliphatic carbocycles. The van der Waals surface area contributed by atoms with Crippen LogP contribution in [0.3, 0.4) is 0 Å². The van der Waals surface area contributed by atoms with Crippen molar-refractivity contribution in [3.05, 3.63) is 18.7 Å². The Morgan fingerprint density at radius 1 is 0.418 bits per heavy atom. The van der Waals surface area contributed by atoms with Crippen molar-refractivity contribution in [1.82, 2.24) is 4.57 Å². The summed E-state index contributed by atoms with van der Waals surface area (Å²) in [6, 6.07) is 0. The van der Waals surface area contributed by atoms with Gasteiger partial charge < -0.3 is 0 Å². The highest BCUT2D eigenvalue weighted by Gasteiger charge is 3.00. The molecular formula is C24H18F29N2+. The molecule has 1 aromatic rings. The van der Waals surface area contributed by atoms with Crippen LogP contribution < -0.4 is 4.57 Å². The van der Waals surface area contributed by atoms with Crippen molar-refractivity contribution in [1.29, 1.82) is 0 Å². The van der Waals surface area contributed by atoms with E-state index in [1.54, 1.807) is 13.8 Å². The lowest BCUT2D eigenvalue weighted by molar-refractivity contribution is -0.697. The van der Waals surface area contributed by atoms with Gasteiger partial charge in [-0.05, 0) is 12.3 Å². The minimum absolute atomic E-state index is 0.0397. The Bertz CT molecular complexity index is 1480. The molecule has 0 aliphatic rings. The van der Waals surface area contributed by atoms with Crippen LogP contribution in [0.2, 0.25) is 0 Å². The van der Waals surface area contributed by atoms with Crippen LogP contribution >= 0.6 is 0 Å². The minimum atomic E-state index is -9.93. The Kier molecular flexibility index (Phi) is 12.5. The van der Waals surface area contributed by atoms with Gasteiger partial charge in [0.1, 0.15) is 12.4 Å². The number of hydrogen-bond donors (Lipinski definition) is 0. The lowest BCUT2D eigenvalue weighted by Crippen LogP contribution is -2.79. The van der Waals surface area contributed by atoms with E-state index in [-0.39, 0.29) is 12.5 Å². The standard InChI is InChI=1S/C24H18F29N2/c1-10(2)3-5-54-7-8-55(9-54)6-4-11(25,26)12(27,28)13(29,30)14(31,32)15(33,34)16(35,36)17(37,38)18(39,40)19(41,42)20(43,44)21(45,46)22(47,48)23(49,50)24(51,52)53/h7-10H,3-6H2,1-2H3/q+1. The van der Waals surface area contributed by atoms with E-state index in [0.29, 0.717) is 17.2 Å². The predicted molar refractivity (Wildman–Crippen MR) is 119 cm³/mol. The number of aryl methyl sites for hydroxylation is 2. The fourth-order valence-corrected chi connectivity index (χ4v) is 3.92. The third-order valence-corrected chi connectivity index (χ3v) is 7.55. The van der Waals surface area contributed by atoms with Gasteiger partial charge in [-0.1, -0.05) is 13.8 Å². The van der Waals surface area contributed by atoms with Gasteiger partial charge >= 0.3 is 83.2 Å². The summed E-state index contributed by atoms with van der Waals surface area (Å²) in [5, 5.41) is 0. The Hall–Kier alpha value is -2.82. The maximum atomic E-state index is 14.2. The number of aromatic nitrogens is 2. The van der Waals surface area contributed by atoms with Crippen molar-refractivity contribution in [2.24, 2.45) is 5.92 Å². The Morgan fingerprint density at radius 3 is 0.964 bits per heavy atom. The van der Waals surface area contributed by atoms with E-state index in [1.807, 2.05) is 0 Å². The summed E-state index contributed by atoms with van der Waals surface area (Å²) in [4.78, 5) is 0. The summed E-state index contributed by atoms with van der Waals surface area (Å²) in [6.45, 7) is 1.65. The van der Waals surface area contributed by atoms with Crippen LogP contribution in [0.5, 0.6) is 0 Å². The Labute approximate surface area is 285 Å². The van der Waals surface area contributed by atoms with Gasteiger partial charge in [0.05, 0.1) is 19.5 Å². The lowest BCUT2D eigenvalue weighted by Gasteiger charge is -2.46. The molecule has 31 heteroatoms. The fraction of sp³-hybridized carbons (Fsp3) is 0.875. The Balaban J connectivity index is 3.76. The molecule has 326 valence electrons. The van der Waals surface area contributed by atoms with Crippen molar-refractivity contribution in [2.45, 2.75) is 123 Å². The average Bonchev–Trinajstić information content (AvgIpc) is 3.45. The Morgan fingerprint density at radius 2 is 0.691 bits per heavy atom. The van der Waals surface area contributed by atoms with Crippen molar-refractivity contribution in [2.75, 3.05) is 0 Å². The summed E-state index contributed by atoms with van der Waals surface area (Å²) in [6.07, 6.45) is -8.41. The smallest absolute Gasteiger partial charge is 0.237 e. The van der Waals surface area contributed by atoms with Gasteiger partial charge in [-0.3, -0.25) is 0 Å². The second-order valence-electron chi connectivity index (χ2n) is 11.9. The number of alkyl halides is 29. The van der Waals surface area contributed by atoms with Crippen LogP contribution in [-0.2, 0) is 13.1 Å². The summed E-state index contributed by atoms with van der Waals surface area (Å²) in [5.74, 6) is -120. The molecule has 2 nitrogen and oxygen atoms in total. The highest BCUT2D eigenvalue weighted by atomic mass is 19.4. The summed E-state index contributed by atoms with van der Waals surface area (Å²) in [5.41, 5.74) is 0. The molecule has 0 spiro atoms. The predicted octanol–water partition coefficient (Wildman–Crippen LogP) is 11.0. The first kappa shape index (κ1) is 50.2. The molecule has 1 aromatic heterocycles. The van der Waals surface area contributed by atoms with Gasteiger partial charge in [0, 0.05) is 0 Å². The third kappa shape index (κ3) is 6.88. The van der Waals surface area contributed by atoms with Crippen molar-refractivity contribution < 1.29 is 132 Å². The van der Waals surface area contributed by atoms with Gasteiger partial charge in [-0.25, -0.2) is 9.13 Å². The molecule has 1 heterocycles. The molecule has 0 aromatic carbocycles. The molecule has 0 aliphatic heterocycles. The fourth-order valence-electron chi connectivity index (χ4n) is 3.92. The molecule has 0 bridgehead atoms. The molecule has 0 radical (unpaired) electrons. The van der Waals surface area contributed by atoms with E-state index >= 15 is 0 Å². The number of rotatable bonds is 18. The van der Waals surface area contributed by atoms with Crippen LogP contribution in [-0.4, -0.2) is 87.7 Å². The van der Waals surface area contributed by atoms with Gasteiger partial charge in [0.15, 0.2) is 0 Å². The van der Waals surface area contributed by atoms with E-state index in [0.717, 1.165) is 17.1 Å². The molecule has 0 amide bonds. The molecule has 0 saturated heterocycles. The van der Waals surface area contributed by atoms with Crippen molar-refractivity contribution >= 4 is 0 Å². The molecule has 0 saturated carbocycles. The monoisotopic (exact) mass is 885 g/mol. The highest BCUT2D eigenvalue weighted by molar-refractivity contribution is 5.21. The van der Waals surface area contributed by atoms with Crippen LogP contribution in [0.4, 0.5) is 127 Å². The average molecular weight is 885 g/mol. The first-order chi connectivity index (χ1) is 23.6. The minimum Gasteiger partial charge on any atom is -0.237 e. The summed E-state index contributed by atoms with van der Waals surface area (Å²) >= 11 is 0. The first-order valence-electron chi connectivity index (χ1n) is 13.6. The number of imidazole rings is 1. The van der Waals surface area contributed by atoms with Crippen LogP contribution in [0, 0.1) is 5.92 Å². The number of nitrogens with zero attached hydrogens (tertiary/aromatic N) is 2. The molecule has 0 unspecified atom stereocenters. The second-order valence-corrected chi connectivity index (χ2v) is 11.9. The third-order valence-electron chi connectivity index (χ3n) is 7.55. The lowest BCUT2D eigenvalue weighted by atomic mass is 9.83. The van der Waals surface area contributed by atoms with Crippen molar-refractivity contribution in [3.8, 4) is 0 Å². The first-order valence-corrected chi connectivity index (χ1v) is 13.6. The molecule has 55 heavy (non-hydrogen) atoms. The normalized spacial score (nSPS) is 16.4. The summed E-state index contributed by atoms with van der Waals surface area (Å²) < 4.78 is 398. The van der Waals surface area contributed by atoms with E-state index in [2.05, 4.69) is 0 Å². The number of hydrogen-bond acceptors (Lipinski definition) is 0. The zero-order valence-corrected chi connectivity index (χ0v) is 26.0. The van der Waals surface area contributed by atoms with Gasteiger partial charge in [0.2, 0.25) is 6.33 Å². The van der Waals surface area contributed by atoms with E-state index in [9.17, 15) is 127 Å². The largest absolute Gasteiger partial charge is 0.460 e. The highest BCUT2D eigenvalue weighted by Crippen LogP contribution is 2.69. The molecule has 0 fully saturated rings. The van der Waals surface area contributed by atoms with E-state index < -0.39 is 96.1 Å².